The summed E-state index contributed by atoms with van der Waals surface area (Å²) in [5.74, 6) is -1.42. The van der Waals surface area contributed by atoms with E-state index in [1.807, 2.05) is 32.0 Å². The number of amides is 1. The minimum atomic E-state index is -2.12. The summed E-state index contributed by atoms with van der Waals surface area (Å²) in [6, 6.07) is 10.2. The summed E-state index contributed by atoms with van der Waals surface area (Å²) in [6.45, 7) is 8.01. The minimum Gasteiger partial charge on any atom is -0.390 e. The van der Waals surface area contributed by atoms with E-state index in [9.17, 15) is 14.7 Å². The summed E-state index contributed by atoms with van der Waals surface area (Å²) in [5, 5.41) is 14.8. The number of carbonyl (C=O) groups is 2. The Hall–Kier alpha value is -2.38. The number of alkyl halides is 2. The molecule has 1 aromatic rings. The molecule has 0 aromatic heterocycles. The van der Waals surface area contributed by atoms with Crippen molar-refractivity contribution in [2.45, 2.75) is 64.5 Å². The van der Waals surface area contributed by atoms with Gasteiger partial charge in [0.25, 0.3) is 0 Å². The van der Waals surface area contributed by atoms with Crippen molar-refractivity contribution >= 4 is 11.7 Å². The summed E-state index contributed by atoms with van der Waals surface area (Å²) in [4.78, 5) is 28.4. The van der Waals surface area contributed by atoms with Gasteiger partial charge in [0.15, 0.2) is 11.5 Å². The fourth-order valence-corrected chi connectivity index (χ4v) is 9.54. The lowest BCUT2D eigenvalue weighted by molar-refractivity contribution is -0.212. The predicted molar refractivity (Wildman–Crippen MR) is 140 cm³/mol. The van der Waals surface area contributed by atoms with Gasteiger partial charge >= 0.3 is 0 Å². The van der Waals surface area contributed by atoms with Gasteiger partial charge < -0.3 is 10.4 Å². The van der Waals surface area contributed by atoms with Crippen LogP contribution >= 0.6 is 0 Å². The quantitative estimate of drug-likeness (QED) is 0.621. The predicted octanol–water partition coefficient (Wildman–Crippen LogP) is 4.17. The fourth-order valence-electron chi connectivity index (χ4n) is 9.54. The molecule has 0 unspecified atom stereocenters. The molecule has 4 fully saturated rings. The monoisotopic (exact) mass is 524 g/mol. The van der Waals surface area contributed by atoms with Crippen molar-refractivity contribution in [1.82, 2.24) is 10.2 Å². The van der Waals surface area contributed by atoms with Gasteiger partial charge in [-0.15, -0.1) is 0 Å². The molecule has 0 bridgehead atoms. The van der Waals surface area contributed by atoms with E-state index in [2.05, 4.69) is 22.3 Å². The third kappa shape index (κ3) is 3.15. The Morgan fingerprint density at radius 3 is 2.63 bits per heavy atom. The first-order valence-electron chi connectivity index (χ1n) is 14.0. The lowest BCUT2D eigenvalue weighted by atomic mass is 9.43. The number of fused-ring (bicyclic) bond motifs is 7. The highest BCUT2D eigenvalue weighted by Crippen LogP contribution is 2.74. The zero-order valence-corrected chi connectivity index (χ0v) is 22.4. The molecule has 1 amide bonds. The van der Waals surface area contributed by atoms with Crippen LogP contribution in [0.4, 0.5) is 8.78 Å². The van der Waals surface area contributed by atoms with Gasteiger partial charge in [0, 0.05) is 37.5 Å². The minimum absolute atomic E-state index is 0.0198. The van der Waals surface area contributed by atoms with Crippen molar-refractivity contribution in [3.63, 3.8) is 0 Å². The van der Waals surface area contributed by atoms with Crippen molar-refractivity contribution < 1.29 is 23.5 Å². The number of hydrogen-bond acceptors (Lipinski definition) is 4. The number of aliphatic hydroxyl groups is 1. The summed E-state index contributed by atoms with van der Waals surface area (Å²) < 4.78 is 33.3. The molecule has 38 heavy (non-hydrogen) atoms. The van der Waals surface area contributed by atoms with Crippen LogP contribution in [0.5, 0.6) is 0 Å². The summed E-state index contributed by atoms with van der Waals surface area (Å²) in [7, 11) is 0. The summed E-state index contributed by atoms with van der Waals surface area (Å²) in [5.41, 5.74) is -3.71. The van der Waals surface area contributed by atoms with Crippen molar-refractivity contribution in [3.05, 3.63) is 59.7 Å². The van der Waals surface area contributed by atoms with Crippen LogP contribution in [0.2, 0.25) is 0 Å². The molecule has 204 valence electrons. The second-order valence-electron chi connectivity index (χ2n) is 12.8. The van der Waals surface area contributed by atoms with Crippen LogP contribution in [0.15, 0.2) is 54.1 Å². The Balaban J connectivity index is 1.41. The largest absolute Gasteiger partial charge is 0.390 e. The van der Waals surface area contributed by atoms with E-state index < -0.39 is 40.1 Å². The number of likely N-dealkylation sites (tertiary alicyclic amines) is 1. The second kappa shape index (κ2) is 8.56. The van der Waals surface area contributed by atoms with Crippen molar-refractivity contribution in [1.29, 1.82) is 0 Å². The number of allylic oxidation sites excluding steroid dienone is 4. The molecule has 1 aliphatic heterocycles. The standard InChI is InChI=1S/C31H38F2N2O3/c1-4-34-27(38)30-18-35(16-19-8-6-5-7-9-19)17-20(30)12-22-23-14-25(32)24-13-21(36)10-11-28(24,2)31(23,33)26(37)15-29(22,30)3/h5-11,13,20,22-23,25-26,37H,4,12,14-18H2,1-3H3,(H,34,38)/t20-,22-,23-,25-,26-,28-,29-,30+,31-/m0/s1. The van der Waals surface area contributed by atoms with E-state index in [0.717, 1.165) is 6.54 Å². The number of ketones is 1. The molecule has 5 nitrogen and oxygen atoms in total. The van der Waals surface area contributed by atoms with Gasteiger partial charge in [0.1, 0.15) is 6.17 Å². The summed E-state index contributed by atoms with van der Waals surface area (Å²) >= 11 is 0. The molecule has 0 radical (unpaired) electrons. The first kappa shape index (κ1) is 25.9. The molecular weight excluding hydrogens is 486 g/mol. The van der Waals surface area contributed by atoms with Crippen molar-refractivity contribution in [3.8, 4) is 0 Å². The van der Waals surface area contributed by atoms with E-state index in [0.29, 0.717) is 26.1 Å². The third-order valence-corrected chi connectivity index (χ3v) is 11.2. The molecule has 9 atom stereocenters. The van der Waals surface area contributed by atoms with E-state index in [-0.39, 0.29) is 41.9 Å². The maximum absolute atomic E-state index is 17.5. The number of aliphatic hydroxyl groups excluding tert-OH is 1. The van der Waals surface area contributed by atoms with E-state index in [1.54, 1.807) is 6.92 Å². The van der Waals surface area contributed by atoms with E-state index in [4.69, 9.17) is 0 Å². The molecule has 5 aliphatic rings. The van der Waals surface area contributed by atoms with Gasteiger partial charge in [0.05, 0.1) is 11.5 Å². The van der Waals surface area contributed by atoms with Gasteiger partial charge in [-0.05, 0) is 73.6 Å². The van der Waals surface area contributed by atoms with Crippen LogP contribution in [0.1, 0.15) is 45.6 Å². The molecule has 7 heteroatoms. The van der Waals surface area contributed by atoms with E-state index >= 15 is 8.78 Å². The van der Waals surface area contributed by atoms with Gasteiger partial charge in [-0.25, -0.2) is 8.78 Å². The number of benzene rings is 1. The summed E-state index contributed by atoms with van der Waals surface area (Å²) in [6.07, 6.45) is 1.82. The zero-order valence-electron chi connectivity index (χ0n) is 22.4. The lowest BCUT2D eigenvalue weighted by Gasteiger charge is -2.63. The number of nitrogens with one attached hydrogen (secondary N) is 1. The van der Waals surface area contributed by atoms with Gasteiger partial charge in [-0.1, -0.05) is 43.3 Å². The van der Waals surface area contributed by atoms with Gasteiger partial charge in [0.2, 0.25) is 5.91 Å². The normalized spacial score (nSPS) is 45.6. The topological polar surface area (TPSA) is 69.6 Å². The number of hydrogen-bond donors (Lipinski definition) is 2. The Kier molecular flexibility index (Phi) is 5.83. The molecular formula is C31H38F2N2O3. The number of rotatable bonds is 4. The Bertz CT molecular complexity index is 1220. The Morgan fingerprint density at radius 2 is 1.92 bits per heavy atom. The van der Waals surface area contributed by atoms with Crippen LogP contribution in [0.25, 0.3) is 0 Å². The highest BCUT2D eigenvalue weighted by molar-refractivity contribution is 6.01. The van der Waals surface area contributed by atoms with E-state index in [1.165, 1.54) is 23.8 Å². The zero-order chi connectivity index (χ0) is 27.1. The molecule has 2 N–H and O–H groups in total. The second-order valence-corrected chi connectivity index (χ2v) is 12.8. The van der Waals surface area contributed by atoms with Crippen LogP contribution in [0, 0.1) is 34.0 Å². The first-order chi connectivity index (χ1) is 18.0. The molecule has 3 saturated carbocycles. The number of nitrogens with zero attached hydrogens (tertiary/aromatic N) is 1. The van der Waals surface area contributed by atoms with Crippen molar-refractivity contribution in [2.24, 2.45) is 34.0 Å². The highest BCUT2D eigenvalue weighted by atomic mass is 19.1. The molecule has 4 aliphatic carbocycles. The molecule has 0 spiro atoms. The molecule has 1 saturated heterocycles. The van der Waals surface area contributed by atoms with Gasteiger partial charge in [-0.2, -0.15) is 0 Å². The van der Waals surface area contributed by atoms with Crippen molar-refractivity contribution in [2.75, 3.05) is 19.6 Å². The highest BCUT2D eigenvalue weighted by Gasteiger charge is 2.78. The SMILES string of the molecule is CCNC(=O)[C@@]12CN(Cc3ccccc3)C[C@@H]1C[C@H]1[C@@H]3C[C@H](F)C4=CC(=O)C=C[C@]4(C)[C@@]3(F)[C@@H](O)C[C@@]12C. The maximum atomic E-state index is 17.5. The maximum Gasteiger partial charge on any atom is 0.228 e. The van der Waals surface area contributed by atoms with Crippen LogP contribution < -0.4 is 5.32 Å². The first-order valence-corrected chi connectivity index (χ1v) is 14.0. The fraction of sp³-hybridized carbons (Fsp3) is 0.613. The van der Waals surface area contributed by atoms with Crippen LogP contribution in [-0.4, -0.2) is 59.3 Å². The number of halogens is 2. The van der Waals surface area contributed by atoms with Crippen LogP contribution in [-0.2, 0) is 16.1 Å². The Morgan fingerprint density at radius 1 is 1.18 bits per heavy atom. The number of carbonyl (C=O) groups excluding carboxylic acids is 2. The molecule has 1 heterocycles. The average molecular weight is 525 g/mol. The molecule has 6 rings (SSSR count). The smallest absolute Gasteiger partial charge is 0.228 e. The Labute approximate surface area is 223 Å². The average Bonchev–Trinajstić information content (AvgIpc) is 3.35. The molecule has 1 aromatic carbocycles. The van der Waals surface area contributed by atoms with Gasteiger partial charge in [-0.3, -0.25) is 14.5 Å². The van der Waals surface area contributed by atoms with Crippen LogP contribution in [0.3, 0.4) is 0 Å². The third-order valence-electron chi connectivity index (χ3n) is 11.2. The lowest BCUT2D eigenvalue weighted by Crippen LogP contribution is -2.70.